The van der Waals surface area contributed by atoms with Gasteiger partial charge < -0.3 is 5.11 Å². The maximum Gasteiger partial charge on any atom is 0.298 e. The summed E-state index contributed by atoms with van der Waals surface area (Å²) in [5.74, 6) is -3.16. The summed E-state index contributed by atoms with van der Waals surface area (Å²) in [6.45, 7) is 0. The highest BCUT2D eigenvalue weighted by atomic mass is 32.2. The number of rotatable bonds is 1. The molecule has 0 aromatic carbocycles. The summed E-state index contributed by atoms with van der Waals surface area (Å²) in [6, 6.07) is 0. The molecule has 0 spiro atoms. The maximum absolute atomic E-state index is 10.8. The van der Waals surface area contributed by atoms with Crippen LogP contribution in [-0.2, 0) is 19.7 Å². The highest BCUT2D eigenvalue weighted by molar-refractivity contribution is 7.91. The Morgan fingerprint density at radius 2 is 1.69 bits per heavy atom. The Kier molecular flexibility index (Phi) is 2.06. The average molecular weight is 204 g/mol. The SMILES string of the molecule is O=C1C=C(O)C(=O)C(S(=O)(=O)O)=C1. The number of carbonyl (C=O) groups excluding carboxylic acids is 2. The van der Waals surface area contributed by atoms with E-state index in [4.69, 9.17) is 9.66 Å². The van der Waals surface area contributed by atoms with E-state index in [-0.39, 0.29) is 0 Å². The van der Waals surface area contributed by atoms with Gasteiger partial charge in [0.25, 0.3) is 10.1 Å². The Balaban J connectivity index is 3.30. The second kappa shape index (κ2) is 2.79. The maximum atomic E-state index is 10.8. The Bertz CT molecular complexity index is 438. The second-order valence-electron chi connectivity index (χ2n) is 2.24. The predicted octanol–water partition coefficient (Wildman–Crippen LogP) is -0.648. The lowest BCUT2D eigenvalue weighted by molar-refractivity contribution is -0.116. The molecule has 0 heterocycles. The van der Waals surface area contributed by atoms with E-state index in [0.29, 0.717) is 12.2 Å². The van der Waals surface area contributed by atoms with E-state index in [2.05, 4.69) is 0 Å². The van der Waals surface area contributed by atoms with Crippen LogP contribution in [0.3, 0.4) is 0 Å². The number of hydrogen-bond acceptors (Lipinski definition) is 5. The molecule has 0 aromatic rings. The highest BCUT2D eigenvalue weighted by Gasteiger charge is 2.29. The molecule has 1 aliphatic carbocycles. The molecular formula is C6H4O6S. The van der Waals surface area contributed by atoms with Crippen LogP contribution in [0.5, 0.6) is 0 Å². The van der Waals surface area contributed by atoms with Crippen molar-refractivity contribution < 1.29 is 27.7 Å². The lowest BCUT2D eigenvalue weighted by atomic mass is 10.1. The Morgan fingerprint density at radius 1 is 1.15 bits per heavy atom. The van der Waals surface area contributed by atoms with Crippen LogP contribution in [0.1, 0.15) is 0 Å². The van der Waals surface area contributed by atoms with Crippen molar-refractivity contribution in [2.45, 2.75) is 0 Å². The lowest BCUT2D eigenvalue weighted by Crippen LogP contribution is -2.20. The van der Waals surface area contributed by atoms with Crippen LogP contribution in [0.15, 0.2) is 22.8 Å². The van der Waals surface area contributed by atoms with Gasteiger partial charge in [-0.1, -0.05) is 0 Å². The van der Waals surface area contributed by atoms with Gasteiger partial charge in [-0.2, -0.15) is 8.42 Å². The molecule has 0 radical (unpaired) electrons. The molecule has 1 rings (SSSR count). The molecule has 0 aromatic heterocycles. The van der Waals surface area contributed by atoms with E-state index in [1.165, 1.54) is 0 Å². The molecule has 0 atom stereocenters. The van der Waals surface area contributed by atoms with Crippen LogP contribution in [0, 0.1) is 0 Å². The third-order valence-corrected chi connectivity index (χ3v) is 2.15. The zero-order chi connectivity index (χ0) is 10.2. The first-order chi connectivity index (χ1) is 5.82. The van der Waals surface area contributed by atoms with E-state index in [9.17, 15) is 18.0 Å². The number of aliphatic hydroxyl groups is 1. The van der Waals surface area contributed by atoms with Crippen molar-refractivity contribution in [2.75, 3.05) is 0 Å². The van der Waals surface area contributed by atoms with Gasteiger partial charge in [-0.05, 0) is 0 Å². The van der Waals surface area contributed by atoms with E-state index in [1.54, 1.807) is 0 Å². The van der Waals surface area contributed by atoms with Crippen molar-refractivity contribution in [1.82, 2.24) is 0 Å². The van der Waals surface area contributed by atoms with Crippen molar-refractivity contribution >= 4 is 21.7 Å². The first kappa shape index (κ1) is 9.62. The fourth-order valence-corrected chi connectivity index (χ4v) is 1.36. The van der Waals surface area contributed by atoms with Crippen LogP contribution in [0.4, 0.5) is 0 Å². The Morgan fingerprint density at radius 3 is 2.15 bits per heavy atom. The van der Waals surface area contributed by atoms with Crippen LogP contribution in [-0.4, -0.2) is 29.6 Å². The minimum absolute atomic E-state index is 0.442. The van der Waals surface area contributed by atoms with Crippen molar-refractivity contribution in [3.05, 3.63) is 22.8 Å². The van der Waals surface area contributed by atoms with E-state index >= 15 is 0 Å². The molecule has 7 heteroatoms. The van der Waals surface area contributed by atoms with E-state index in [1.807, 2.05) is 0 Å². The highest BCUT2D eigenvalue weighted by Crippen LogP contribution is 2.15. The van der Waals surface area contributed by atoms with Gasteiger partial charge in [-0.15, -0.1) is 0 Å². The number of ketones is 2. The quantitative estimate of drug-likeness (QED) is 0.434. The molecule has 0 saturated heterocycles. The molecule has 70 valence electrons. The van der Waals surface area contributed by atoms with E-state index in [0.717, 1.165) is 0 Å². The molecular weight excluding hydrogens is 200 g/mol. The smallest absolute Gasteiger partial charge is 0.298 e. The third-order valence-electron chi connectivity index (χ3n) is 1.29. The van der Waals surface area contributed by atoms with Crippen LogP contribution < -0.4 is 0 Å². The molecule has 0 bridgehead atoms. The summed E-state index contributed by atoms with van der Waals surface area (Å²) in [5.41, 5.74) is 0. The van der Waals surface area contributed by atoms with E-state index < -0.39 is 32.3 Å². The van der Waals surface area contributed by atoms with Crippen molar-refractivity contribution in [1.29, 1.82) is 0 Å². The fourth-order valence-electron chi connectivity index (χ4n) is 0.755. The summed E-state index contributed by atoms with van der Waals surface area (Å²) in [7, 11) is -4.75. The molecule has 0 unspecified atom stereocenters. The summed E-state index contributed by atoms with van der Waals surface area (Å²) >= 11 is 0. The lowest BCUT2D eigenvalue weighted by Gasteiger charge is -2.05. The van der Waals surface area contributed by atoms with Gasteiger partial charge in [-0.25, -0.2) is 0 Å². The van der Waals surface area contributed by atoms with Gasteiger partial charge in [0.15, 0.2) is 11.5 Å². The zero-order valence-corrected chi connectivity index (χ0v) is 6.91. The molecule has 13 heavy (non-hydrogen) atoms. The Labute approximate surface area is 72.9 Å². The Hall–Kier alpha value is -1.47. The van der Waals surface area contributed by atoms with Gasteiger partial charge in [0.05, 0.1) is 0 Å². The topological polar surface area (TPSA) is 109 Å². The first-order valence-electron chi connectivity index (χ1n) is 3.01. The summed E-state index contributed by atoms with van der Waals surface area (Å²) in [5, 5.41) is 8.76. The van der Waals surface area contributed by atoms with Crippen molar-refractivity contribution in [3.8, 4) is 0 Å². The molecule has 1 aliphatic rings. The zero-order valence-electron chi connectivity index (χ0n) is 6.09. The average Bonchev–Trinajstić information content (AvgIpc) is 1.94. The van der Waals surface area contributed by atoms with Crippen LogP contribution >= 0.6 is 0 Å². The third kappa shape index (κ3) is 1.82. The largest absolute Gasteiger partial charge is 0.504 e. The molecule has 0 amide bonds. The van der Waals surface area contributed by atoms with Gasteiger partial charge in [0, 0.05) is 12.2 Å². The van der Waals surface area contributed by atoms with Gasteiger partial charge in [0.2, 0.25) is 5.78 Å². The normalized spacial score (nSPS) is 18.2. The second-order valence-corrected chi connectivity index (χ2v) is 3.63. The number of Topliss-reactive ketones (excluding diaryl/α,β-unsaturated/α-hetero) is 1. The number of hydrogen-bond donors (Lipinski definition) is 2. The monoisotopic (exact) mass is 204 g/mol. The van der Waals surface area contributed by atoms with Crippen LogP contribution in [0.2, 0.25) is 0 Å². The van der Waals surface area contributed by atoms with Gasteiger partial charge >= 0.3 is 0 Å². The van der Waals surface area contributed by atoms with Crippen molar-refractivity contribution in [3.63, 3.8) is 0 Å². The molecule has 6 nitrogen and oxygen atoms in total. The molecule has 0 aliphatic heterocycles. The molecule has 0 saturated carbocycles. The van der Waals surface area contributed by atoms with Crippen molar-refractivity contribution in [2.24, 2.45) is 0 Å². The molecule has 2 N–H and O–H groups in total. The molecule has 0 fully saturated rings. The summed E-state index contributed by atoms with van der Waals surface area (Å²) in [4.78, 5) is 20.4. The van der Waals surface area contributed by atoms with Gasteiger partial charge in [-0.3, -0.25) is 14.1 Å². The minimum Gasteiger partial charge on any atom is -0.504 e. The number of allylic oxidation sites excluding steroid dienone is 3. The summed E-state index contributed by atoms with van der Waals surface area (Å²) in [6.07, 6.45) is 1.01. The predicted molar refractivity (Wildman–Crippen MR) is 40.4 cm³/mol. The minimum atomic E-state index is -4.75. The number of aliphatic hydroxyl groups excluding tert-OH is 1. The van der Waals surface area contributed by atoms with Crippen LogP contribution in [0.25, 0.3) is 0 Å². The standard InChI is InChI=1S/C6H4O6S/c7-3-1-4(8)6(9)5(2-3)13(10,11)12/h1-2,8H,(H,10,11,12). The fraction of sp³-hybridized carbons (Fsp3) is 0. The summed E-state index contributed by atoms with van der Waals surface area (Å²) < 4.78 is 29.4. The first-order valence-corrected chi connectivity index (χ1v) is 4.45. The van der Waals surface area contributed by atoms with Gasteiger partial charge in [0.1, 0.15) is 4.91 Å². The number of carbonyl (C=O) groups is 2.